The van der Waals surface area contributed by atoms with Gasteiger partial charge in [0.1, 0.15) is 6.26 Å². The van der Waals surface area contributed by atoms with E-state index in [0.717, 1.165) is 24.9 Å². The maximum atomic E-state index is 12.3. The number of rotatable bonds is 4. The number of hydrogen-bond acceptors (Lipinski definition) is 5. The lowest BCUT2D eigenvalue weighted by Gasteiger charge is -2.18. The molecule has 112 valence electrons. The number of carbonyl (C=O) groups excluding carboxylic acids is 1. The number of carbonyl (C=O) groups is 1. The second kappa shape index (κ2) is 6.31. The van der Waals surface area contributed by atoms with Crippen molar-refractivity contribution in [2.24, 2.45) is 0 Å². The molecule has 1 aromatic carbocycles. The Morgan fingerprint density at radius 1 is 1.45 bits per heavy atom. The second-order valence-corrected chi connectivity index (χ2v) is 5.24. The Hall–Kier alpha value is -2.81. The monoisotopic (exact) mass is 296 g/mol. The van der Waals surface area contributed by atoms with E-state index in [1.807, 2.05) is 30.3 Å². The van der Waals surface area contributed by atoms with Gasteiger partial charge >= 0.3 is 0 Å². The number of nitriles is 1. The van der Waals surface area contributed by atoms with Gasteiger partial charge in [0.25, 0.3) is 5.91 Å². The molecular weight excluding hydrogens is 280 g/mol. The number of nitrogens with zero attached hydrogens (tertiary/aromatic N) is 3. The predicted octanol–water partition coefficient (Wildman–Crippen LogP) is 2.02. The number of aromatic nitrogens is 1. The van der Waals surface area contributed by atoms with Crippen molar-refractivity contribution >= 4 is 5.91 Å². The molecular formula is C16H16N4O2. The summed E-state index contributed by atoms with van der Waals surface area (Å²) in [6, 6.07) is 9.57. The Bertz CT molecular complexity index is 690. The van der Waals surface area contributed by atoms with Crippen molar-refractivity contribution in [2.75, 3.05) is 13.1 Å². The van der Waals surface area contributed by atoms with E-state index in [4.69, 9.17) is 9.78 Å². The minimum atomic E-state index is -0.280. The molecule has 3 rings (SSSR count). The third-order valence-corrected chi connectivity index (χ3v) is 3.87. The summed E-state index contributed by atoms with van der Waals surface area (Å²) in [5, 5.41) is 15.7. The van der Waals surface area contributed by atoms with Crippen LogP contribution in [0.1, 0.15) is 23.3 Å². The Morgan fingerprint density at radius 2 is 2.27 bits per heavy atom. The minimum Gasteiger partial charge on any atom is -0.363 e. The highest BCUT2D eigenvalue weighted by Crippen LogP contribution is 2.22. The molecule has 2 aromatic rings. The van der Waals surface area contributed by atoms with Crippen LogP contribution in [-0.2, 0) is 0 Å². The van der Waals surface area contributed by atoms with Crippen molar-refractivity contribution < 1.29 is 9.32 Å². The van der Waals surface area contributed by atoms with Crippen molar-refractivity contribution in [3.8, 4) is 17.3 Å². The Morgan fingerprint density at radius 3 is 3.05 bits per heavy atom. The van der Waals surface area contributed by atoms with Crippen LogP contribution >= 0.6 is 0 Å². The quantitative estimate of drug-likeness (QED) is 0.873. The van der Waals surface area contributed by atoms with E-state index in [9.17, 15) is 4.79 Å². The van der Waals surface area contributed by atoms with E-state index in [1.165, 1.54) is 6.26 Å². The fraction of sp³-hybridized carbons (Fsp3) is 0.312. The van der Waals surface area contributed by atoms with Crippen molar-refractivity contribution in [1.29, 1.82) is 5.26 Å². The number of hydrogen-bond donors (Lipinski definition) is 1. The van der Waals surface area contributed by atoms with Gasteiger partial charge in [-0.25, -0.2) is 0 Å². The molecule has 6 heteroatoms. The summed E-state index contributed by atoms with van der Waals surface area (Å²) in [6.07, 6.45) is 5.53. The zero-order valence-corrected chi connectivity index (χ0v) is 12.0. The van der Waals surface area contributed by atoms with Gasteiger partial charge in [-0.2, -0.15) is 5.26 Å². The first kappa shape index (κ1) is 14.1. The SMILES string of the molecule is N#CN1CCCC1CNC(=O)c1nocc1-c1ccccc1. The van der Waals surface area contributed by atoms with Crippen LogP contribution in [0.3, 0.4) is 0 Å². The van der Waals surface area contributed by atoms with Gasteiger partial charge in [-0.15, -0.1) is 0 Å². The fourth-order valence-electron chi connectivity index (χ4n) is 2.70. The van der Waals surface area contributed by atoms with E-state index in [1.54, 1.807) is 4.90 Å². The van der Waals surface area contributed by atoms with Crippen LogP contribution < -0.4 is 5.32 Å². The summed E-state index contributed by atoms with van der Waals surface area (Å²) in [5.74, 6) is -0.280. The first-order chi connectivity index (χ1) is 10.8. The molecule has 0 radical (unpaired) electrons. The lowest BCUT2D eigenvalue weighted by molar-refractivity contribution is 0.0937. The summed E-state index contributed by atoms with van der Waals surface area (Å²) in [5.41, 5.74) is 1.82. The summed E-state index contributed by atoms with van der Waals surface area (Å²) in [6.45, 7) is 1.20. The van der Waals surface area contributed by atoms with Crippen molar-refractivity contribution in [3.05, 3.63) is 42.3 Å². The average molecular weight is 296 g/mol. The molecule has 22 heavy (non-hydrogen) atoms. The average Bonchev–Trinajstić information content (AvgIpc) is 3.22. The molecule has 1 atom stereocenters. The largest absolute Gasteiger partial charge is 0.363 e. The third-order valence-electron chi connectivity index (χ3n) is 3.87. The van der Waals surface area contributed by atoms with Crippen LogP contribution in [0.15, 0.2) is 41.1 Å². The molecule has 1 aromatic heterocycles. The van der Waals surface area contributed by atoms with E-state index in [0.29, 0.717) is 12.1 Å². The van der Waals surface area contributed by atoms with Gasteiger partial charge in [-0.05, 0) is 18.4 Å². The molecule has 1 N–H and O–H groups in total. The first-order valence-corrected chi connectivity index (χ1v) is 7.24. The summed E-state index contributed by atoms with van der Waals surface area (Å²) in [7, 11) is 0. The van der Waals surface area contributed by atoms with E-state index in [2.05, 4.69) is 16.7 Å². The molecule has 2 heterocycles. The Labute approximate surface area is 128 Å². The molecule has 1 amide bonds. The van der Waals surface area contributed by atoms with Crippen LogP contribution in [0.4, 0.5) is 0 Å². The fourth-order valence-corrected chi connectivity index (χ4v) is 2.70. The first-order valence-electron chi connectivity index (χ1n) is 7.24. The van der Waals surface area contributed by atoms with E-state index in [-0.39, 0.29) is 17.6 Å². The van der Waals surface area contributed by atoms with Crippen LogP contribution in [-0.4, -0.2) is 35.1 Å². The topological polar surface area (TPSA) is 82.2 Å². The summed E-state index contributed by atoms with van der Waals surface area (Å²) in [4.78, 5) is 14.0. The molecule has 0 saturated carbocycles. The van der Waals surface area contributed by atoms with E-state index >= 15 is 0 Å². The van der Waals surface area contributed by atoms with Crippen LogP contribution in [0.25, 0.3) is 11.1 Å². The van der Waals surface area contributed by atoms with Crippen molar-refractivity contribution in [1.82, 2.24) is 15.4 Å². The predicted molar refractivity (Wildman–Crippen MR) is 79.6 cm³/mol. The van der Waals surface area contributed by atoms with Crippen LogP contribution in [0.2, 0.25) is 0 Å². The van der Waals surface area contributed by atoms with Gasteiger partial charge in [0.05, 0.1) is 11.6 Å². The minimum absolute atomic E-state index is 0.0704. The molecule has 1 saturated heterocycles. The smallest absolute Gasteiger partial charge is 0.274 e. The van der Waals surface area contributed by atoms with Gasteiger partial charge in [0.15, 0.2) is 11.9 Å². The highest BCUT2D eigenvalue weighted by atomic mass is 16.5. The van der Waals surface area contributed by atoms with Gasteiger partial charge < -0.3 is 14.7 Å². The Balaban J connectivity index is 1.69. The highest BCUT2D eigenvalue weighted by molar-refractivity contribution is 5.98. The molecule has 0 spiro atoms. The third kappa shape index (κ3) is 2.79. The number of likely N-dealkylation sites (tertiary alicyclic amines) is 1. The summed E-state index contributed by atoms with van der Waals surface area (Å²) < 4.78 is 4.96. The second-order valence-electron chi connectivity index (χ2n) is 5.24. The standard InChI is InChI=1S/C16H16N4O2/c17-11-20-8-4-7-13(20)9-18-16(21)15-14(10-22-19-15)12-5-2-1-3-6-12/h1-3,5-6,10,13H,4,7-9H2,(H,18,21). The maximum absolute atomic E-state index is 12.3. The lowest BCUT2D eigenvalue weighted by Crippen LogP contribution is -2.38. The van der Waals surface area contributed by atoms with Crippen LogP contribution in [0, 0.1) is 11.5 Å². The molecule has 1 fully saturated rings. The van der Waals surface area contributed by atoms with Gasteiger partial charge in [-0.3, -0.25) is 4.79 Å². The van der Waals surface area contributed by atoms with Gasteiger partial charge in [0.2, 0.25) is 0 Å². The van der Waals surface area contributed by atoms with Gasteiger partial charge in [0, 0.05) is 13.1 Å². The Kier molecular flexibility index (Phi) is 4.05. The number of benzene rings is 1. The lowest BCUT2D eigenvalue weighted by atomic mass is 10.1. The molecule has 1 aliphatic rings. The van der Waals surface area contributed by atoms with Crippen molar-refractivity contribution in [2.45, 2.75) is 18.9 Å². The van der Waals surface area contributed by atoms with Crippen molar-refractivity contribution in [3.63, 3.8) is 0 Å². The number of amides is 1. The number of nitrogens with one attached hydrogen (secondary N) is 1. The molecule has 6 nitrogen and oxygen atoms in total. The van der Waals surface area contributed by atoms with Crippen LogP contribution in [0.5, 0.6) is 0 Å². The van der Waals surface area contributed by atoms with E-state index < -0.39 is 0 Å². The summed E-state index contributed by atoms with van der Waals surface area (Å²) >= 11 is 0. The highest BCUT2D eigenvalue weighted by Gasteiger charge is 2.25. The van der Waals surface area contributed by atoms with Gasteiger partial charge in [-0.1, -0.05) is 35.5 Å². The maximum Gasteiger partial charge on any atom is 0.274 e. The molecule has 0 aliphatic carbocycles. The zero-order valence-electron chi connectivity index (χ0n) is 12.0. The normalized spacial score (nSPS) is 17.2. The zero-order chi connectivity index (χ0) is 15.4. The molecule has 0 bridgehead atoms. The molecule has 1 aliphatic heterocycles. The molecule has 1 unspecified atom stereocenters.